The fourth-order valence-corrected chi connectivity index (χ4v) is 3.16. The molecule has 0 bridgehead atoms. The van der Waals surface area contributed by atoms with Crippen LogP contribution < -0.4 is 0 Å². The van der Waals surface area contributed by atoms with E-state index < -0.39 is 11.2 Å². The van der Waals surface area contributed by atoms with Gasteiger partial charge in [0.25, 0.3) is 5.91 Å². The largest absolute Gasteiger partial charge is 0.481 e. The minimum atomic E-state index is -0.988. The SMILES string of the molecule is O=C(O)CC1SC(c2cccc(-n3cccc3)c2)=NC1=O. The Morgan fingerprint density at radius 3 is 2.76 bits per heavy atom. The third kappa shape index (κ3) is 2.90. The van der Waals surface area contributed by atoms with Gasteiger partial charge in [0.1, 0.15) is 10.3 Å². The number of benzene rings is 1. The van der Waals surface area contributed by atoms with Gasteiger partial charge in [-0.25, -0.2) is 4.99 Å². The predicted octanol–water partition coefficient (Wildman–Crippen LogP) is 2.34. The van der Waals surface area contributed by atoms with Crippen molar-refractivity contribution in [2.24, 2.45) is 4.99 Å². The van der Waals surface area contributed by atoms with E-state index in [-0.39, 0.29) is 12.3 Å². The molecule has 1 atom stereocenters. The second kappa shape index (κ2) is 5.57. The number of rotatable bonds is 4. The summed E-state index contributed by atoms with van der Waals surface area (Å²) in [5.74, 6) is -1.36. The van der Waals surface area contributed by atoms with Crippen LogP contribution in [0.4, 0.5) is 0 Å². The molecule has 0 saturated heterocycles. The van der Waals surface area contributed by atoms with Crippen molar-refractivity contribution in [3.05, 3.63) is 54.4 Å². The lowest BCUT2D eigenvalue weighted by molar-refractivity contribution is -0.138. The van der Waals surface area contributed by atoms with Gasteiger partial charge in [0.05, 0.1) is 6.42 Å². The van der Waals surface area contributed by atoms with Crippen molar-refractivity contribution in [3.8, 4) is 5.69 Å². The normalized spacial score (nSPS) is 17.8. The zero-order valence-electron chi connectivity index (χ0n) is 11.0. The molecule has 106 valence electrons. The second-order valence-corrected chi connectivity index (χ2v) is 5.79. The van der Waals surface area contributed by atoms with Crippen LogP contribution in [-0.2, 0) is 9.59 Å². The molecule has 1 aromatic carbocycles. The third-order valence-corrected chi connectivity index (χ3v) is 4.30. The van der Waals surface area contributed by atoms with Crippen molar-refractivity contribution < 1.29 is 14.7 Å². The van der Waals surface area contributed by atoms with Crippen molar-refractivity contribution in [1.29, 1.82) is 0 Å². The van der Waals surface area contributed by atoms with Gasteiger partial charge in [-0.05, 0) is 24.3 Å². The van der Waals surface area contributed by atoms with E-state index in [2.05, 4.69) is 4.99 Å². The molecule has 21 heavy (non-hydrogen) atoms. The van der Waals surface area contributed by atoms with Crippen molar-refractivity contribution in [2.75, 3.05) is 0 Å². The molecule has 1 unspecified atom stereocenters. The molecule has 1 N–H and O–H groups in total. The molecule has 3 rings (SSSR count). The minimum absolute atomic E-state index is 0.201. The monoisotopic (exact) mass is 300 g/mol. The molecule has 2 aromatic rings. The Morgan fingerprint density at radius 1 is 1.29 bits per heavy atom. The molecule has 1 aromatic heterocycles. The highest BCUT2D eigenvalue weighted by Gasteiger charge is 2.30. The van der Waals surface area contributed by atoms with Crippen LogP contribution in [0.5, 0.6) is 0 Å². The Labute approximate surface area is 125 Å². The van der Waals surface area contributed by atoms with E-state index in [1.807, 2.05) is 53.4 Å². The van der Waals surface area contributed by atoms with Gasteiger partial charge in [-0.15, -0.1) is 0 Å². The summed E-state index contributed by atoms with van der Waals surface area (Å²) in [6.07, 6.45) is 3.66. The summed E-state index contributed by atoms with van der Waals surface area (Å²) in [6.45, 7) is 0. The van der Waals surface area contributed by atoms with Gasteiger partial charge in [-0.3, -0.25) is 9.59 Å². The quantitative estimate of drug-likeness (QED) is 0.940. The maximum Gasteiger partial charge on any atom is 0.305 e. The molecule has 0 spiro atoms. The molecular weight excluding hydrogens is 288 g/mol. The van der Waals surface area contributed by atoms with Gasteiger partial charge in [-0.2, -0.15) is 0 Å². The molecule has 1 aliphatic rings. The van der Waals surface area contributed by atoms with E-state index in [9.17, 15) is 9.59 Å². The zero-order chi connectivity index (χ0) is 14.8. The maximum absolute atomic E-state index is 11.7. The average molecular weight is 300 g/mol. The number of carbonyl (C=O) groups is 2. The number of carboxylic acids is 1. The first-order valence-corrected chi connectivity index (χ1v) is 7.26. The fraction of sp³-hybridized carbons (Fsp3) is 0.133. The molecule has 1 aliphatic heterocycles. The van der Waals surface area contributed by atoms with Crippen molar-refractivity contribution in [2.45, 2.75) is 11.7 Å². The Hall–Kier alpha value is -2.34. The molecule has 1 amide bonds. The Balaban J connectivity index is 1.85. The van der Waals surface area contributed by atoms with E-state index in [1.165, 1.54) is 11.8 Å². The highest BCUT2D eigenvalue weighted by atomic mass is 32.2. The first kappa shape index (κ1) is 13.6. The Morgan fingerprint density at radius 2 is 2.05 bits per heavy atom. The van der Waals surface area contributed by atoms with Crippen LogP contribution in [0.1, 0.15) is 12.0 Å². The molecule has 0 aliphatic carbocycles. The first-order chi connectivity index (χ1) is 10.1. The number of aliphatic imine (C=N–C) groups is 1. The lowest BCUT2D eigenvalue weighted by atomic mass is 10.2. The number of nitrogens with zero attached hydrogens (tertiary/aromatic N) is 2. The van der Waals surface area contributed by atoms with Crippen LogP contribution in [0.25, 0.3) is 5.69 Å². The molecule has 6 heteroatoms. The summed E-state index contributed by atoms with van der Waals surface area (Å²) in [5.41, 5.74) is 1.79. The van der Waals surface area contributed by atoms with E-state index in [1.54, 1.807) is 0 Å². The lowest BCUT2D eigenvalue weighted by Crippen LogP contribution is -2.15. The molecule has 0 fully saturated rings. The highest BCUT2D eigenvalue weighted by Crippen LogP contribution is 2.29. The van der Waals surface area contributed by atoms with Crippen molar-refractivity contribution in [3.63, 3.8) is 0 Å². The number of aliphatic carboxylic acids is 1. The Bertz CT molecular complexity index is 722. The lowest BCUT2D eigenvalue weighted by Gasteiger charge is -2.07. The van der Waals surface area contributed by atoms with Crippen molar-refractivity contribution >= 4 is 28.7 Å². The molecular formula is C15H12N2O3S. The number of carbonyl (C=O) groups excluding carboxylic acids is 1. The van der Waals surface area contributed by atoms with Gasteiger partial charge in [0.2, 0.25) is 0 Å². The molecule has 0 radical (unpaired) electrons. The molecule has 5 nitrogen and oxygen atoms in total. The van der Waals surface area contributed by atoms with E-state index in [4.69, 9.17) is 5.11 Å². The summed E-state index contributed by atoms with van der Waals surface area (Å²) >= 11 is 1.22. The summed E-state index contributed by atoms with van der Waals surface area (Å²) in [6, 6.07) is 11.5. The van der Waals surface area contributed by atoms with Gasteiger partial charge in [0.15, 0.2) is 0 Å². The van der Waals surface area contributed by atoms with Crippen LogP contribution >= 0.6 is 11.8 Å². The third-order valence-electron chi connectivity index (χ3n) is 3.10. The second-order valence-electron chi connectivity index (χ2n) is 4.60. The van der Waals surface area contributed by atoms with E-state index in [0.29, 0.717) is 5.04 Å². The van der Waals surface area contributed by atoms with Crippen LogP contribution in [0, 0.1) is 0 Å². The number of amides is 1. The van der Waals surface area contributed by atoms with Crippen LogP contribution in [0.15, 0.2) is 53.8 Å². The van der Waals surface area contributed by atoms with Crippen LogP contribution in [-0.4, -0.2) is 31.8 Å². The topological polar surface area (TPSA) is 71.7 Å². The standard InChI is InChI=1S/C15H12N2O3S/c18-13(19)9-12-14(20)16-15(21-12)10-4-3-5-11(8-10)17-6-1-2-7-17/h1-8,12H,9H2,(H,18,19). The Kier molecular flexibility index (Phi) is 3.62. The maximum atomic E-state index is 11.7. The fourth-order valence-electron chi connectivity index (χ4n) is 2.11. The predicted molar refractivity (Wildman–Crippen MR) is 80.9 cm³/mol. The number of hydrogen-bond donors (Lipinski definition) is 1. The van der Waals surface area contributed by atoms with Gasteiger partial charge < -0.3 is 9.67 Å². The van der Waals surface area contributed by atoms with Crippen LogP contribution in [0.3, 0.4) is 0 Å². The summed E-state index contributed by atoms with van der Waals surface area (Å²) in [4.78, 5) is 26.4. The number of aromatic nitrogens is 1. The number of thioether (sulfide) groups is 1. The molecule has 0 saturated carbocycles. The summed E-state index contributed by atoms with van der Waals surface area (Å²) in [7, 11) is 0. The van der Waals surface area contributed by atoms with E-state index in [0.717, 1.165) is 11.3 Å². The van der Waals surface area contributed by atoms with Crippen LogP contribution in [0.2, 0.25) is 0 Å². The summed E-state index contributed by atoms with van der Waals surface area (Å²) < 4.78 is 1.96. The zero-order valence-corrected chi connectivity index (χ0v) is 11.8. The number of hydrogen-bond acceptors (Lipinski definition) is 3. The highest BCUT2D eigenvalue weighted by molar-refractivity contribution is 8.16. The molecule has 2 heterocycles. The van der Waals surface area contributed by atoms with Gasteiger partial charge in [0, 0.05) is 23.6 Å². The van der Waals surface area contributed by atoms with Gasteiger partial charge in [-0.1, -0.05) is 23.9 Å². The average Bonchev–Trinajstić information content (AvgIpc) is 3.09. The minimum Gasteiger partial charge on any atom is -0.481 e. The van der Waals surface area contributed by atoms with E-state index >= 15 is 0 Å². The number of carboxylic acid groups (broad SMARTS) is 1. The van der Waals surface area contributed by atoms with Crippen molar-refractivity contribution in [1.82, 2.24) is 4.57 Å². The first-order valence-electron chi connectivity index (χ1n) is 6.38. The smallest absolute Gasteiger partial charge is 0.305 e. The summed E-state index contributed by atoms with van der Waals surface area (Å²) in [5, 5.41) is 8.76. The van der Waals surface area contributed by atoms with Gasteiger partial charge >= 0.3 is 5.97 Å².